The summed E-state index contributed by atoms with van der Waals surface area (Å²) in [6.45, 7) is 4.61. The molecule has 0 unspecified atom stereocenters. The summed E-state index contributed by atoms with van der Waals surface area (Å²) in [6, 6.07) is 11.8. The van der Waals surface area contributed by atoms with Gasteiger partial charge in [0.25, 0.3) is 0 Å². The summed E-state index contributed by atoms with van der Waals surface area (Å²) in [5.74, 6) is 0. The molecule has 86 valence electrons. The highest BCUT2D eigenvalue weighted by Gasteiger charge is 2.00. The van der Waals surface area contributed by atoms with Gasteiger partial charge in [-0.1, -0.05) is 12.1 Å². The molecule has 0 aliphatic carbocycles. The van der Waals surface area contributed by atoms with Crippen molar-refractivity contribution in [3.63, 3.8) is 0 Å². The van der Waals surface area contributed by atoms with Gasteiger partial charge in [0.1, 0.15) is 0 Å². The van der Waals surface area contributed by atoms with E-state index in [2.05, 4.69) is 15.0 Å². The van der Waals surface area contributed by atoms with Gasteiger partial charge in [0.2, 0.25) is 0 Å². The SMILES string of the molecule is CC(C)=NCc1cccc(-c2ccccn2)n1. The molecule has 0 radical (unpaired) electrons. The normalized spacial score (nSPS) is 10.0. The molecule has 0 atom stereocenters. The van der Waals surface area contributed by atoms with Crippen LogP contribution in [0.1, 0.15) is 19.5 Å². The first kappa shape index (κ1) is 11.5. The molecule has 0 aromatic carbocycles. The Bertz CT molecular complexity index is 514. The molecule has 0 N–H and O–H groups in total. The van der Waals surface area contributed by atoms with E-state index in [-0.39, 0.29) is 0 Å². The molecule has 2 aromatic heterocycles. The highest BCUT2D eigenvalue weighted by Crippen LogP contribution is 2.13. The molecule has 17 heavy (non-hydrogen) atoms. The van der Waals surface area contributed by atoms with Crippen molar-refractivity contribution in [2.75, 3.05) is 0 Å². The Morgan fingerprint density at radius 2 is 1.88 bits per heavy atom. The minimum atomic E-state index is 0.628. The van der Waals surface area contributed by atoms with E-state index in [1.165, 1.54) is 0 Å². The van der Waals surface area contributed by atoms with Crippen molar-refractivity contribution in [1.29, 1.82) is 0 Å². The predicted molar refractivity (Wildman–Crippen MR) is 70.0 cm³/mol. The zero-order valence-corrected chi connectivity index (χ0v) is 10.1. The van der Waals surface area contributed by atoms with Crippen molar-refractivity contribution in [3.05, 3.63) is 48.3 Å². The lowest BCUT2D eigenvalue weighted by Crippen LogP contribution is -1.93. The van der Waals surface area contributed by atoms with Gasteiger partial charge in [0.15, 0.2) is 0 Å². The maximum Gasteiger partial charge on any atom is 0.0890 e. The number of rotatable bonds is 3. The molecule has 0 aliphatic rings. The van der Waals surface area contributed by atoms with E-state index >= 15 is 0 Å². The van der Waals surface area contributed by atoms with E-state index in [1.54, 1.807) is 6.20 Å². The maximum absolute atomic E-state index is 4.55. The lowest BCUT2D eigenvalue weighted by molar-refractivity contribution is 0.986. The molecular formula is C14H15N3. The summed E-state index contributed by atoms with van der Waals surface area (Å²) in [5.41, 5.74) is 3.82. The van der Waals surface area contributed by atoms with Crippen molar-refractivity contribution in [3.8, 4) is 11.4 Å². The molecule has 2 rings (SSSR count). The van der Waals surface area contributed by atoms with Crippen LogP contribution >= 0.6 is 0 Å². The third-order valence-corrected chi connectivity index (χ3v) is 2.29. The van der Waals surface area contributed by atoms with E-state index in [9.17, 15) is 0 Å². The fraction of sp³-hybridized carbons (Fsp3) is 0.214. The Labute approximate surface area is 101 Å². The summed E-state index contributed by atoms with van der Waals surface area (Å²) < 4.78 is 0. The monoisotopic (exact) mass is 225 g/mol. The van der Waals surface area contributed by atoms with E-state index < -0.39 is 0 Å². The zero-order valence-electron chi connectivity index (χ0n) is 10.1. The molecule has 0 bridgehead atoms. The van der Waals surface area contributed by atoms with Gasteiger partial charge in [-0.3, -0.25) is 9.98 Å². The quantitative estimate of drug-likeness (QED) is 0.753. The molecule has 3 nitrogen and oxygen atoms in total. The molecular weight excluding hydrogens is 210 g/mol. The Hall–Kier alpha value is -2.03. The molecule has 0 spiro atoms. The van der Waals surface area contributed by atoms with Gasteiger partial charge in [-0.15, -0.1) is 0 Å². The lowest BCUT2D eigenvalue weighted by atomic mass is 10.2. The Kier molecular flexibility index (Phi) is 3.60. The summed E-state index contributed by atoms with van der Waals surface area (Å²) in [6.07, 6.45) is 1.78. The first-order chi connectivity index (χ1) is 8.25. The van der Waals surface area contributed by atoms with Crippen LogP contribution in [0.4, 0.5) is 0 Å². The van der Waals surface area contributed by atoms with Crippen molar-refractivity contribution < 1.29 is 0 Å². The smallest absolute Gasteiger partial charge is 0.0890 e. The molecule has 3 heteroatoms. The van der Waals surface area contributed by atoms with Crippen LogP contribution in [0.25, 0.3) is 11.4 Å². The topological polar surface area (TPSA) is 38.1 Å². The van der Waals surface area contributed by atoms with Gasteiger partial charge in [0, 0.05) is 11.9 Å². The van der Waals surface area contributed by atoms with Crippen molar-refractivity contribution in [2.45, 2.75) is 20.4 Å². The molecule has 0 amide bonds. The maximum atomic E-state index is 4.55. The Morgan fingerprint density at radius 1 is 1.06 bits per heavy atom. The van der Waals surface area contributed by atoms with Crippen LogP contribution in [0, 0.1) is 0 Å². The van der Waals surface area contributed by atoms with Gasteiger partial charge in [0.05, 0.1) is 23.6 Å². The van der Waals surface area contributed by atoms with Crippen LogP contribution in [0.3, 0.4) is 0 Å². The second-order valence-electron chi connectivity index (χ2n) is 3.99. The minimum Gasteiger partial charge on any atom is -0.288 e. The second-order valence-corrected chi connectivity index (χ2v) is 3.99. The number of pyridine rings is 2. The Balaban J connectivity index is 2.26. The number of aliphatic imine (C=N–C) groups is 1. The molecule has 0 saturated carbocycles. The fourth-order valence-electron chi connectivity index (χ4n) is 1.46. The van der Waals surface area contributed by atoms with Crippen molar-refractivity contribution >= 4 is 5.71 Å². The van der Waals surface area contributed by atoms with Gasteiger partial charge < -0.3 is 0 Å². The second kappa shape index (κ2) is 5.34. The van der Waals surface area contributed by atoms with Crippen LogP contribution < -0.4 is 0 Å². The van der Waals surface area contributed by atoms with E-state index in [4.69, 9.17) is 0 Å². The van der Waals surface area contributed by atoms with Gasteiger partial charge >= 0.3 is 0 Å². The zero-order chi connectivity index (χ0) is 12.1. The molecule has 2 aromatic rings. The highest BCUT2D eigenvalue weighted by molar-refractivity contribution is 5.79. The van der Waals surface area contributed by atoms with E-state index in [1.807, 2.05) is 50.2 Å². The number of hydrogen-bond donors (Lipinski definition) is 0. The third kappa shape index (κ3) is 3.21. The van der Waals surface area contributed by atoms with Crippen molar-refractivity contribution in [1.82, 2.24) is 9.97 Å². The van der Waals surface area contributed by atoms with Crippen LogP contribution in [-0.4, -0.2) is 15.7 Å². The summed E-state index contributed by atoms with van der Waals surface area (Å²) in [4.78, 5) is 13.2. The highest BCUT2D eigenvalue weighted by atomic mass is 14.8. The number of aromatic nitrogens is 2. The van der Waals surface area contributed by atoms with Crippen LogP contribution in [0.5, 0.6) is 0 Å². The fourth-order valence-corrected chi connectivity index (χ4v) is 1.46. The standard InChI is InChI=1S/C14H15N3/c1-11(2)16-10-12-6-5-8-14(17-12)13-7-3-4-9-15-13/h3-9H,10H2,1-2H3. The minimum absolute atomic E-state index is 0.628. The molecule has 0 fully saturated rings. The summed E-state index contributed by atoms with van der Waals surface area (Å²) >= 11 is 0. The average Bonchev–Trinajstić information content (AvgIpc) is 2.38. The molecule has 2 heterocycles. The largest absolute Gasteiger partial charge is 0.288 e. The number of nitrogens with zero attached hydrogens (tertiary/aromatic N) is 3. The summed E-state index contributed by atoms with van der Waals surface area (Å²) in [7, 11) is 0. The van der Waals surface area contributed by atoms with Crippen molar-refractivity contribution in [2.24, 2.45) is 4.99 Å². The van der Waals surface area contributed by atoms with E-state index in [0.717, 1.165) is 22.8 Å². The van der Waals surface area contributed by atoms with Gasteiger partial charge in [-0.25, -0.2) is 4.98 Å². The average molecular weight is 225 g/mol. The Morgan fingerprint density at radius 3 is 2.59 bits per heavy atom. The van der Waals surface area contributed by atoms with E-state index in [0.29, 0.717) is 6.54 Å². The van der Waals surface area contributed by atoms with Gasteiger partial charge in [-0.2, -0.15) is 0 Å². The predicted octanol–water partition coefficient (Wildman–Crippen LogP) is 3.12. The van der Waals surface area contributed by atoms with Gasteiger partial charge in [-0.05, 0) is 38.1 Å². The molecule has 0 saturated heterocycles. The van der Waals surface area contributed by atoms with Crippen LogP contribution in [-0.2, 0) is 6.54 Å². The first-order valence-electron chi connectivity index (χ1n) is 5.61. The third-order valence-electron chi connectivity index (χ3n) is 2.29. The summed E-state index contributed by atoms with van der Waals surface area (Å²) in [5, 5.41) is 0. The van der Waals surface area contributed by atoms with Crippen LogP contribution in [0.15, 0.2) is 47.6 Å². The number of hydrogen-bond acceptors (Lipinski definition) is 3. The van der Waals surface area contributed by atoms with Crippen LogP contribution in [0.2, 0.25) is 0 Å². The molecule has 0 aliphatic heterocycles. The lowest BCUT2D eigenvalue weighted by Gasteiger charge is -2.02. The first-order valence-corrected chi connectivity index (χ1v) is 5.61.